The van der Waals surface area contributed by atoms with Crippen LogP contribution in [0.25, 0.3) is 11.3 Å². The number of carbonyl (C=O) groups is 1. The summed E-state index contributed by atoms with van der Waals surface area (Å²) in [5, 5.41) is 5.33. The van der Waals surface area contributed by atoms with Gasteiger partial charge in [0.2, 0.25) is 0 Å². The van der Waals surface area contributed by atoms with Crippen LogP contribution in [-0.4, -0.2) is 26.4 Å². The molecule has 2 N–H and O–H groups in total. The maximum absolute atomic E-state index is 12.8. The number of para-hydroxylation sites is 1. The third-order valence-corrected chi connectivity index (χ3v) is 7.02. The van der Waals surface area contributed by atoms with Crippen molar-refractivity contribution in [3.63, 3.8) is 0 Å². The standard InChI is InChI=1S/C23H18ClN3O4S2/c1-31-17-6-4-5-15(13-17)22(28)26-23-25-21(14-32-23)19-7-2-3-8-20(19)27-33(29,30)18-11-9-16(24)10-12-18/h2-14,27H,1H3,(H,25,26,28). The van der Waals surface area contributed by atoms with Gasteiger partial charge in [-0.25, -0.2) is 13.4 Å². The molecule has 0 radical (unpaired) electrons. The zero-order valence-electron chi connectivity index (χ0n) is 17.3. The molecular weight excluding hydrogens is 482 g/mol. The Hall–Kier alpha value is -3.40. The third kappa shape index (κ3) is 5.33. The van der Waals surface area contributed by atoms with Crippen molar-refractivity contribution in [3.8, 4) is 17.0 Å². The largest absolute Gasteiger partial charge is 0.497 e. The van der Waals surface area contributed by atoms with Gasteiger partial charge < -0.3 is 4.74 Å². The fraction of sp³-hybridized carbons (Fsp3) is 0.0435. The van der Waals surface area contributed by atoms with E-state index in [0.717, 1.165) is 0 Å². The van der Waals surface area contributed by atoms with E-state index >= 15 is 0 Å². The number of hydrogen-bond acceptors (Lipinski definition) is 6. The minimum absolute atomic E-state index is 0.0891. The van der Waals surface area contributed by atoms with E-state index in [9.17, 15) is 13.2 Å². The average molecular weight is 500 g/mol. The predicted octanol–water partition coefficient (Wildman–Crippen LogP) is 5.53. The van der Waals surface area contributed by atoms with Crippen molar-refractivity contribution in [2.75, 3.05) is 17.1 Å². The number of benzene rings is 3. The number of ether oxygens (including phenoxy) is 1. The molecule has 10 heteroatoms. The first-order chi connectivity index (χ1) is 15.9. The molecule has 0 atom stereocenters. The molecule has 4 rings (SSSR count). The molecule has 1 amide bonds. The number of methoxy groups -OCH3 is 1. The Bertz CT molecular complexity index is 1400. The van der Waals surface area contributed by atoms with Crippen LogP contribution in [0.2, 0.25) is 5.02 Å². The summed E-state index contributed by atoms with van der Waals surface area (Å²) in [5.74, 6) is 0.246. The van der Waals surface area contributed by atoms with E-state index in [1.807, 2.05) is 0 Å². The quantitative estimate of drug-likeness (QED) is 0.348. The van der Waals surface area contributed by atoms with Gasteiger partial charge in [-0.1, -0.05) is 35.9 Å². The van der Waals surface area contributed by atoms with Crippen LogP contribution in [0.4, 0.5) is 10.8 Å². The molecule has 0 aliphatic rings. The molecule has 3 aromatic carbocycles. The van der Waals surface area contributed by atoms with E-state index in [4.69, 9.17) is 16.3 Å². The maximum Gasteiger partial charge on any atom is 0.261 e. The second-order valence-electron chi connectivity index (χ2n) is 6.83. The Balaban J connectivity index is 1.56. The number of carbonyl (C=O) groups excluding carboxylic acids is 1. The summed E-state index contributed by atoms with van der Waals surface area (Å²) < 4.78 is 33.4. The first kappa shape index (κ1) is 22.8. The van der Waals surface area contributed by atoms with Crippen LogP contribution in [0, 0.1) is 0 Å². The highest BCUT2D eigenvalue weighted by Crippen LogP contribution is 2.32. The minimum atomic E-state index is -3.83. The van der Waals surface area contributed by atoms with Gasteiger partial charge >= 0.3 is 0 Å². The van der Waals surface area contributed by atoms with Crippen molar-refractivity contribution in [1.29, 1.82) is 0 Å². The number of nitrogens with zero attached hydrogens (tertiary/aromatic N) is 1. The van der Waals surface area contributed by atoms with Crippen molar-refractivity contribution in [3.05, 3.63) is 88.8 Å². The normalized spacial score (nSPS) is 11.1. The predicted molar refractivity (Wildman–Crippen MR) is 131 cm³/mol. The number of rotatable bonds is 7. The van der Waals surface area contributed by atoms with Gasteiger partial charge in [-0.2, -0.15) is 0 Å². The van der Waals surface area contributed by atoms with Crippen LogP contribution in [0.1, 0.15) is 10.4 Å². The van der Waals surface area contributed by atoms with Gasteiger partial charge in [0.05, 0.1) is 23.4 Å². The summed E-state index contributed by atoms with van der Waals surface area (Å²) >= 11 is 7.10. The molecule has 0 aliphatic carbocycles. The van der Waals surface area contributed by atoms with Crippen molar-refractivity contribution < 1.29 is 17.9 Å². The Labute approximate surface area is 200 Å². The summed E-state index contributed by atoms with van der Waals surface area (Å²) in [7, 11) is -2.30. The topological polar surface area (TPSA) is 97.4 Å². The molecule has 0 aliphatic heterocycles. The molecule has 168 valence electrons. The fourth-order valence-corrected chi connectivity index (χ4v) is 4.91. The van der Waals surface area contributed by atoms with E-state index < -0.39 is 10.0 Å². The first-order valence-corrected chi connectivity index (χ1v) is 12.4. The zero-order chi connectivity index (χ0) is 23.4. The monoisotopic (exact) mass is 499 g/mol. The van der Waals surface area contributed by atoms with Gasteiger partial charge in [0.25, 0.3) is 15.9 Å². The number of nitrogens with one attached hydrogen (secondary N) is 2. The molecule has 0 saturated carbocycles. The number of aromatic nitrogens is 1. The third-order valence-electron chi connectivity index (χ3n) is 4.63. The Morgan fingerprint density at radius 2 is 1.79 bits per heavy atom. The van der Waals surface area contributed by atoms with Gasteiger partial charge in [-0.3, -0.25) is 14.8 Å². The molecule has 0 fully saturated rings. The smallest absolute Gasteiger partial charge is 0.261 e. The zero-order valence-corrected chi connectivity index (χ0v) is 19.7. The lowest BCUT2D eigenvalue weighted by Gasteiger charge is -2.11. The van der Waals surface area contributed by atoms with Crippen LogP contribution in [-0.2, 0) is 10.0 Å². The van der Waals surface area contributed by atoms with Crippen molar-refractivity contribution in [2.24, 2.45) is 0 Å². The number of halogens is 1. The summed E-state index contributed by atoms with van der Waals surface area (Å²) in [6.45, 7) is 0. The SMILES string of the molecule is COc1cccc(C(=O)Nc2nc(-c3ccccc3NS(=O)(=O)c3ccc(Cl)cc3)cs2)c1. The Kier molecular flexibility index (Phi) is 6.64. The highest BCUT2D eigenvalue weighted by atomic mass is 35.5. The highest BCUT2D eigenvalue weighted by Gasteiger charge is 2.18. The number of anilines is 2. The molecule has 0 unspecified atom stereocenters. The number of amides is 1. The molecule has 7 nitrogen and oxygen atoms in total. The van der Waals surface area contributed by atoms with Crippen LogP contribution in [0.3, 0.4) is 0 Å². The molecular formula is C23H18ClN3O4S2. The van der Waals surface area contributed by atoms with E-state index in [2.05, 4.69) is 15.0 Å². The number of sulfonamides is 1. The van der Waals surface area contributed by atoms with E-state index in [-0.39, 0.29) is 10.8 Å². The maximum atomic E-state index is 12.8. The van der Waals surface area contributed by atoms with E-state index in [1.165, 1.54) is 42.7 Å². The lowest BCUT2D eigenvalue weighted by atomic mass is 10.1. The fourth-order valence-electron chi connectivity index (χ4n) is 3.00. The van der Waals surface area contributed by atoms with E-state index in [0.29, 0.717) is 38.4 Å². The van der Waals surface area contributed by atoms with Crippen molar-refractivity contribution in [2.45, 2.75) is 4.90 Å². The van der Waals surface area contributed by atoms with Crippen LogP contribution < -0.4 is 14.8 Å². The number of thiazole rings is 1. The highest BCUT2D eigenvalue weighted by molar-refractivity contribution is 7.92. The minimum Gasteiger partial charge on any atom is -0.497 e. The lowest BCUT2D eigenvalue weighted by Crippen LogP contribution is -2.13. The van der Waals surface area contributed by atoms with Crippen LogP contribution >= 0.6 is 22.9 Å². The molecule has 0 saturated heterocycles. The van der Waals surface area contributed by atoms with Crippen molar-refractivity contribution in [1.82, 2.24) is 4.98 Å². The second kappa shape index (κ2) is 9.62. The van der Waals surface area contributed by atoms with Crippen LogP contribution in [0.15, 0.2) is 83.1 Å². The van der Waals surface area contributed by atoms with Gasteiger partial charge in [0, 0.05) is 21.5 Å². The molecule has 1 aromatic heterocycles. The van der Waals surface area contributed by atoms with Crippen LogP contribution in [0.5, 0.6) is 5.75 Å². The summed E-state index contributed by atoms with van der Waals surface area (Å²) in [6.07, 6.45) is 0. The Morgan fingerprint density at radius 3 is 2.55 bits per heavy atom. The molecule has 4 aromatic rings. The average Bonchev–Trinajstić information content (AvgIpc) is 3.27. The van der Waals surface area contributed by atoms with E-state index in [1.54, 1.807) is 53.9 Å². The van der Waals surface area contributed by atoms with Gasteiger partial charge in [0.15, 0.2) is 5.13 Å². The summed E-state index contributed by atoms with van der Waals surface area (Å²) in [5.41, 5.74) is 1.90. The number of hydrogen-bond donors (Lipinski definition) is 2. The van der Waals surface area contributed by atoms with Gasteiger partial charge in [-0.05, 0) is 48.5 Å². The van der Waals surface area contributed by atoms with Crippen molar-refractivity contribution >= 4 is 49.7 Å². The molecule has 1 heterocycles. The lowest BCUT2D eigenvalue weighted by molar-refractivity contribution is 0.102. The Morgan fingerprint density at radius 1 is 1.03 bits per heavy atom. The summed E-state index contributed by atoms with van der Waals surface area (Å²) in [4.78, 5) is 17.1. The summed E-state index contributed by atoms with van der Waals surface area (Å²) in [6, 6.07) is 19.6. The molecule has 33 heavy (non-hydrogen) atoms. The van der Waals surface area contributed by atoms with Gasteiger partial charge in [0.1, 0.15) is 5.75 Å². The van der Waals surface area contributed by atoms with Gasteiger partial charge in [-0.15, -0.1) is 11.3 Å². The molecule has 0 spiro atoms. The molecule has 0 bridgehead atoms. The second-order valence-corrected chi connectivity index (χ2v) is 9.81. The first-order valence-electron chi connectivity index (χ1n) is 9.64.